The Balaban J connectivity index is 1.55. The van der Waals surface area contributed by atoms with Crippen molar-refractivity contribution in [1.82, 2.24) is 14.4 Å². The van der Waals surface area contributed by atoms with E-state index in [0.717, 1.165) is 25.7 Å². The average molecular weight is 391 g/mol. The van der Waals surface area contributed by atoms with Gasteiger partial charge in [0, 0.05) is 18.7 Å². The number of hydrogen-bond acceptors (Lipinski definition) is 6. The van der Waals surface area contributed by atoms with Crippen molar-refractivity contribution in [3.63, 3.8) is 0 Å². The van der Waals surface area contributed by atoms with E-state index in [1.807, 2.05) is 0 Å². The Morgan fingerprint density at radius 1 is 1.15 bits per heavy atom. The number of nitrogens with zero attached hydrogens (tertiary/aromatic N) is 3. The van der Waals surface area contributed by atoms with Crippen LogP contribution in [-0.2, 0) is 15.6 Å². The number of nitrogens with two attached hydrogens (primary N) is 1. The van der Waals surface area contributed by atoms with Crippen molar-refractivity contribution in [3.8, 4) is 11.5 Å². The predicted molar refractivity (Wildman–Crippen MR) is 101 cm³/mol. The van der Waals surface area contributed by atoms with Crippen LogP contribution in [0.2, 0.25) is 0 Å². The fourth-order valence-corrected chi connectivity index (χ4v) is 5.72. The van der Waals surface area contributed by atoms with E-state index in [-0.39, 0.29) is 0 Å². The Morgan fingerprint density at radius 2 is 1.78 bits per heavy atom. The molecule has 2 fully saturated rings. The summed E-state index contributed by atoms with van der Waals surface area (Å²) in [7, 11) is -3.49. The molecule has 8 heteroatoms. The van der Waals surface area contributed by atoms with Gasteiger partial charge in [-0.05, 0) is 61.8 Å². The van der Waals surface area contributed by atoms with Crippen LogP contribution in [0.1, 0.15) is 45.4 Å². The van der Waals surface area contributed by atoms with E-state index in [4.69, 9.17) is 10.3 Å². The Hall–Kier alpha value is -1.77. The summed E-state index contributed by atoms with van der Waals surface area (Å²) in [6.45, 7) is 5.33. The van der Waals surface area contributed by atoms with Gasteiger partial charge in [0.1, 0.15) is 0 Å². The number of hydrogen-bond donors (Lipinski definition) is 1. The van der Waals surface area contributed by atoms with Crippen LogP contribution in [0.25, 0.3) is 11.5 Å². The lowest BCUT2D eigenvalue weighted by molar-refractivity contribution is 0.222. The highest BCUT2D eigenvalue weighted by atomic mass is 32.2. The van der Waals surface area contributed by atoms with Gasteiger partial charge < -0.3 is 10.3 Å². The predicted octanol–water partition coefficient (Wildman–Crippen LogP) is 2.74. The van der Waals surface area contributed by atoms with Crippen LogP contribution in [0.5, 0.6) is 0 Å². The molecule has 0 spiro atoms. The summed E-state index contributed by atoms with van der Waals surface area (Å²) in [6, 6.07) is 6.65. The zero-order valence-corrected chi connectivity index (χ0v) is 16.6. The molecule has 1 aliphatic carbocycles. The van der Waals surface area contributed by atoms with Crippen LogP contribution in [-0.4, -0.2) is 36.0 Å². The first kappa shape index (κ1) is 18.6. The van der Waals surface area contributed by atoms with E-state index in [1.165, 1.54) is 0 Å². The maximum Gasteiger partial charge on any atom is 0.257 e. The molecule has 2 heterocycles. The molecular weight excluding hydrogens is 364 g/mol. The van der Waals surface area contributed by atoms with Gasteiger partial charge in [0.05, 0.1) is 10.4 Å². The van der Waals surface area contributed by atoms with Gasteiger partial charge in [-0.25, -0.2) is 8.42 Å². The molecule has 0 radical (unpaired) electrons. The van der Waals surface area contributed by atoms with Crippen LogP contribution in [0.4, 0.5) is 0 Å². The van der Waals surface area contributed by atoms with Gasteiger partial charge in [-0.15, -0.1) is 0 Å². The van der Waals surface area contributed by atoms with Gasteiger partial charge >= 0.3 is 0 Å². The summed E-state index contributed by atoms with van der Waals surface area (Å²) in [4.78, 5) is 4.71. The molecule has 1 saturated carbocycles. The molecule has 2 unspecified atom stereocenters. The van der Waals surface area contributed by atoms with Crippen LogP contribution in [0, 0.1) is 11.8 Å². The van der Waals surface area contributed by atoms with E-state index < -0.39 is 15.6 Å². The van der Waals surface area contributed by atoms with Gasteiger partial charge in [0.25, 0.3) is 5.89 Å². The van der Waals surface area contributed by atoms with Gasteiger partial charge in [0.2, 0.25) is 10.0 Å². The number of rotatable bonds is 4. The molecule has 2 aromatic rings. The fraction of sp³-hybridized carbons (Fsp3) is 0.579. The third kappa shape index (κ3) is 3.41. The van der Waals surface area contributed by atoms with E-state index in [9.17, 15) is 8.42 Å². The Morgan fingerprint density at radius 3 is 2.33 bits per heavy atom. The Labute approximate surface area is 160 Å². The SMILES string of the molecule is CC1CC(C)CN(S(=O)(=O)c2ccc(-c3nc(C4(N)CCC4)no3)cc2)C1. The van der Waals surface area contributed by atoms with E-state index in [0.29, 0.717) is 47.1 Å². The third-order valence-corrected chi connectivity index (χ3v) is 7.54. The number of piperidine rings is 1. The quantitative estimate of drug-likeness (QED) is 0.861. The molecule has 0 amide bonds. The van der Waals surface area contributed by atoms with Crippen LogP contribution in [0.3, 0.4) is 0 Å². The standard InChI is InChI=1S/C19H26N4O3S/c1-13-10-14(2)12-23(11-13)27(24,25)16-6-4-15(5-7-16)17-21-18(22-26-17)19(20)8-3-9-19/h4-7,13-14H,3,8-12,20H2,1-2H3. The highest BCUT2D eigenvalue weighted by molar-refractivity contribution is 7.89. The minimum Gasteiger partial charge on any atom is -0.334 e. The van der Waals surface area contributed by atoms with Crippen molar-refractivity contribution in [2.45, 2.75) is 50.0 Å². The average Bonchev–Trinajstić information content (AvgIpc) is 3.09. The molecule has 27 heavy (non-hydrogen) atoms. The third-order valence-electron chi connectivity index (χ3n) is 5.69. The summed E-state index contributed by atoms with van der Waals surface area (Å²) in [5, 5.41) is 4.01. The first-order chi connectivity index (χ1) is 12.8. The van der Waals surface area contributed by atoms with E-state index in [1.54, 1.807) is 28.6 Å². The summed E-state index contributed by atoms with van der Waals surface area (Å²) in [6.07, 6.45) is 3.85. The largest absolute Gasteiger partial charge is 0.334 e. The van der Waals surface area contributed by atoms with Crippen molar-refractivity contribution < 1.29 is 12.9 Å². The molecule has 1 aromatic heterocycles. The minimum atomic E-state index is -3.49. The topological polar surface area (TPSA) is 102 Å². The Bertz CT molecular complexity index is 909. The van der Waals surface area contributed by atoms with Gasteiger partial charge in [-0.2, -0.15) is 9.29 Å². The fourth-order valence-electron chi connectivity index (χ4n) is 4.04. The highest BCUT2D eigenvalue weighted by Gasteiger charge is 2.39. The zero-order valence-electron chi connectivity index (χ0n) is 15.8. The maximum absolute atomic E-state index is 13.0. The number of benzene rings is 1. The summed E-state index contributed by atoms with van der Waals surface area (Å²) in [5.74, 6) is 1.63. The molecule has 4 rings (SSSR count). The van der Waals surface area contributed by atoms with Crippen molar-refractivity contribution in [1.29, 1.82) is 0 Å². The number of aromatic nitrogens is 2. The molecule has 0 bridgehead atoms. The van der Waals surface area contributed by atoms with Crippen LogP contribution in [0.15, 0.2) is 33.7 Å². The molecule has 1 aliphatic heterocycles. The summed E-state index contributed by atoms with van der Waals surface area (Å²) in [5.41, 5.74) is 6.44. The first-order valence-corrected chi connectivity index (χ1v) is 11.0. The maximum atomic E-state index is 13.0. The molecule has 2 N–H and O–H groups in total. The van der Waals surface area contributed by atoms with Gasteiger partial charge in [-0.1, -0.05) is 19.0 Å². The van der Waals surface area contributed by atoms with Crippen LogP contribution >= 0.6 is 0 Å². The molecule has 146 valence electrons. The normalized spacial score (nSPS) is 25.9. The Kier molecular flexibility index (Phi) is 4.60. The minimum absolute atomic E-state index is 0.293. The van der Waals surface area contributed by atoms with Crippen molar-refractivity contribution in [3.05, 3.63) is 30.1 Å². The molecular formula is C19H26N4O3S. The lowest BCUT2D eigenvalue weighted by Crippen LogP contribution is -2.44. The zero-order chi connectivity index (χ0) is 19.2. The monoisotopic (exact) mass is 390 g/mol. The number of sulfonamides is 1. The van der Waals surface area contributed by atoms with Crippen molar-refractivity contribution >= 4 is 10.0 Å². The smallest absolute Gasteiger partial charge is 0.257 e. The summed E-state index contributed by atoms with van der Waals surface area (Å²) >= 11 is 0. The lowest BCUT2D eigenvalue weighted by Gasteiger charge is -2.34. The highest BCUT2D eigenvalue weighted by Crippen LogP contribution is 2.37. The second kappa shape index (κ2) is 6.68. The molecule has 2 aliphatic rings. The van der Waals surface area contributed by atoms with Crippen LogP contribution < -0.4 is 5.73 Å². The van der Waals surface area contributed by atoms with Crippen molar-refractivity contribution in [2.75, 3.05) is 13.1 Å². The first-order valence-electron chi connectivity index (χ1n) is 9.51. The molecule has 7 nitrogen and oxygen atoms in total. The lowest BCUT2D eigenvalue weighted by atomic mass is 9.77. The van der Waals surface area contributed by atoms with E-state index >= 15 is 0 Å². The summed E-state index contributed by atoms with van der Waals surface area (Å²) < 4.78 is 32.9. The van der Waals surface area contributed by atoms with Gasteiger partial charge in [-0.3, -0.25) is 0 Å². The van der Waals surface area contributed by atoms with Crippen molar-refractivity contribution in [2.24, 2.45) is 17.6 Å². The van der Waals surface area contributed by atoms with Gasteiger partial charge in [0.15, 0.2) is 5.82 Å². The molecule has 1 aromatic carbocycles. The second-order valence-corrected chi connectivity index (χ2v) is 10.2. The molecule has 2 atom stereocenters. The van der Waals surface area contributed by atoms with E-state index in [2.05, 4.69) is 24.0 Å². The second-order valence-electron chi connectivity index (χ2n) is 8.23. The molecule has 1 saturated heterocycles.